The Morgan fingerprint density at radius 1 is 0.806 bits per heavy atom. The first-order chi connectivity index (χ1) is 31.6. The Bertz CT molecular complexity index is 2660. The van der Waals surface area contributed by atoms with Gasteiger partial charge in [0.2, 0.25) is 23.2 Å². The van der Waals surface area contributed by atoms with Crippen molar-refractivity contribution in [2.24, 2.45) is 5.92 Å². The second-order valence-electron chi connectivity index (χ2n) is 17.6. The minimum atomic E-state index is -4.60. The molecule has 0 bridgehead atoms. The summed E-state index contributed by atoms with van der Waals surface area (Å²) in [5, 5.41) is 15.1. The molecule has 366 valence electrons. The quantitative estimate of drug-likeness (QED) is 0.0730. The summed E-state index contributed by atoms with van der Waals surface area (Å²) in [5.74, 6) is -1.70. The van der Waals surface area contributed by atoms with Crippen LogP contribution >= 0.6 is 0 Å². The van der Waals surface area contributed by atoms with Crippen LogP contribution in [0.2, 0.25) is 0 Å². The zero-order chi connectivity index (χ0) is 49.0. The molecule has 0 saturated heterocycles. The molecule has 3 heterocycles. The van der Waals surface area contributed by atoms with Gasteiger partial charge in [0.05, 0.1) is 26.7 Å². The molecule has 2 unspecified atom stereocenters. The number of carbonyl (C=O) groups excluding carboxylic acids is 2. The lowest BCUT2D eigenvalue weighted by molar-refractivity contribution is -0.436. The number of aliphatic carboxylic acids is 1. The van der Waals surface area contributed by atoms with E-state index in [4.69, 9.17) is 5.11 Å². The highest BCUT2D eigenvalue weighted by atomic mass is 32.2. The lowest BCUT2D eigenvalue weighted by Gasteiger charge is -2.30. The van der Waals surface area contributed by atoms with Crippen LogP contribution < -0.4 is 15.5 Å². The van der Waals surface area contributed by atoms with E-state index in [1.54, 1.807) is 30.4 Å². The Morgan fingerprint density at radius 3 is 2.09 bits per heavy atom. The molecule has 2 atom stereocenters. The molecule has 2 aromatic rings. The van der Waals surface area contributed by atoms with E-state index in [2.05, 4.69) is 17.2 Å². The van der Waals surface area contributed by atoms with Gasteiger partial charge in [0.15, 0.2) is 0 Å². The van der Waals surface area contributed by atoms with Crippen molar-refractivity contribution in [3.8, 4) is 0 Å². The molecule has 0 radical (unpaired) electrons. The number of anilines is 1. The molecular weight excluding hydrogens is 925 g/mol. The summed E-state index contributed by atoms with van der Waals surface area (Å²) in [7, 11) is -13.4. The minimum absolute atomic E-state index is 0.0402. The highest BCUT2D eigenvalue weighted by molar-refractivity contribution is 7.86. The number of nitrogens with one attached hydrogen (secondary N) is 2. The average molecular weight is 988 g/mol. The standard InChI is InChI=1S/C47H62N4O13S3/c1-34-38-30-36(66(59,60)61)22-24-41(38)50-27-14-6-11-20-45(53)49-33-35(16-7-3-12-21-46(54)55)32-48-44(52)19-10-5-13-26-47(2)39-31-37(67(62,63)64)23-25-42(39)51(28-15-29-65(56,57)58)43(47)18-9-4-8-17-40(34)50/h4,8-9,17-18,22-25,30-31,35H,1,3,5-7,10-16,19-21,26-29,32-33H2,2H3,(H5-,48,49,52,53,54,55,56,57,58,59,60,61,62,63,64)/p+1. The van der Waals surface area contributed by atoms with Crippen LogP contribution in [-0.4, -0.2) is 104 Å². The van der Waals surface area contributed by atoms with Gasteiger partial charge in [0.25, 0.3) is 30.4 Å². The Kier molecular flexibility index (Phi) is 18.5. The van der Waals surface area contributed by atoms with Crippen LogP contribution in [-0.2, 0) is 50.2 Å². The molecule has 3 aliphatic heterocycles. The number of amides is 2. The van der Waals surface area contributed by atoms with E-state index in [1.807, 2.05) is 28.6 Å². The number of hydrogen-bond donors (Lipinski definition) is 6. The predicted octanol–water partition coefficient (Wildman–Crippen LogP) is 6.75. The molecule has 67 heavy (non-hydrogen) atoms. The van der Waals surface area contributed by atoms with Crippen molar-refractivity contribution in [2.75, 3.05) is 36.8 Å². The molecule has 0 spiro atoms. The molecule has 2 amide bonds. The van der Waals surface area contributed by atoms with Gasteiger partial charge in [0, 0.05) is 74.3 Å². The molecule has 17 nitrogen and oxygen atoms in total. The third-order valence-corrected chi connectivity index (χ3v) is 15.1. The van der Waals surface area contributed by atoms with E-state index in [1.165, 1.54) is 24.3 Å². The van der Waals surface area contributed by atoms with Gasteiger partial charge in [0.1, 0.15) is 6.54 Å². The summed E-state index contributed by atoms with van der Waals surface area (Å²) in [6.45, 7) is 7.52. The maximum absolute atomic E-state index is 13.1. The number of fused-ring (bicyclic) bond motifs is 5. The number of benzene rings is 2. The van der Waals surface area contributed by atoms with E-state index in [-0.39, 0.29) is 53.3 Å². The maximum atomic E-state index is 13.1. The van der Waals surface area contributed by atoms with Crippen LogP contribution in [0.15, 0.2) is 88.8 Å². The van der Waals surface area contributed by atoms with Crippen LogP contribution in [0.25, 0.3) is 5.57 Å². The fourth-order valence-corrected chi connectivity index (χ4v) is 10.5. The van der Waals surface area contributed by atoms with Crippen molar-refractivity contribution in [1.82, 2.24) is 10.6 Å². The number of allylic oxidation sites excluding steroid dienone is 7. The van der Waals surface area contributed by atoms with E-state index < -0.39 is 47.5 Å². The van der Waals surface area contributed by atoms with Crippen molar-refractivity contribution in [3.63, 3.8) is 0 Å². The van der Waals surface area contributed by atoms with Gasteiger partial charge in [-0.1, -0.05) is 50.5 Å². The van der Waals surface area contributed by atoms with E-state index >= 15 is 0 Å². The number of nitrogens with zero attached hydrogens (tertiary/aromatic N) is 2. The first-order valence-corrected chi connectivity index (χ1v) is 27.2. The Hall–Kier alpha value is -4.99. The van der Waals surface area contributed by atoms with Crippen molar-refractivity contribution in [3.05, 3.63) is 90.2 Å². The van der Waals surface area contributed by atoms with Crippen LogP contribution in [0, 0.1) is 5.92 Å². The highest BCUT2D eigenvalue weighted by Crippen LogP contribution is 2.51. The third-order valence-electron chi connectivity index (χ3n) is 12.5. The Balaban J connectivity index is 1.49. The molecule has 0 saturated carbocycles. The lowest BCUT2D eigenvalue weighted by Crippen LogP contribution is -2.36. The molecule has 0 aromatic heterocycles. The maximum Gasteiger partial charge on any atom is 0.303 e. The van der Waals surface area contributed by atoms with E-state index in [9.17, 15) is 53.3 Å². The smallest absolute Gasteiger partial charge is 0.303 e. The van der Waals surface area contributed by atoms with Gasteiger partial charge in [-0.15, -0.1) is 0 Å². The number of hydrogen-bond acceptors (Lipinski definition) is 10. The summed E-state index contributed by atoms with van der Waals surface area (Å²) in [6, 6.07) is 8.59. The summed E-state index contributed by atoms with van der Waals surface area (Å²) in [4.78, 5) is 38.4. The number of carboxylic acid groups (broad SMARTS) is 1. The molecule has 5 rings (SSSR count). The Morgan fingerprint density at radius 2 is 1.45 bits per heavy atom. The van der Waals surface area contributed by atoms with Crippen molar-refractivity contribution in [2.45, 2.75) is 118 Å². The van der Waals surface area contributed by atoms with Gasteiger partial charge < -0.3 is 20.6 Å². The summed E-state index contributed by atoms with van der Waals surface area (Å²) in [6.07, 6.45) is 16.5. The van der Waals surface area contributed by atoms with Gasteiger partial charge in [-0.3, -0.25) is 28.0 Å². The van der Waals surface area contributed by atoms with E-state index in [0.717, 1.165) is 6.42 Å². The molecule has 20 heteroatoms. The first-order valence-electron chi connectivity index (χ1n) is 22.7. The van der Waals surface area contributed by atoms with Gasteiger partial charge in [-0.25, -0.2) is 0 Å². The Labute approximate surface area is 394 Å². The average Bonchev–Trinajstić information content (AvgIpc) is 3.64. The van der Waals surface area contributed by atoms with Crippen molar-refractivity contribution < 1.29 is 63.0 Å². The number of unbranched alkanes of at least 4 members (excludes halogenated alkanes) is 2. The third kappa shape index (κ3) is 15.0. The largest absolute Gasteiger partial charge is 0.481 e. The summed E-state index contributed by atoms with van der Waals surface area (Å²) < 4.78 is 104. The number of carboxylic acids is 1. The predicted molar refractivity (Wildman–Crippen MR) is 255 cm³/mol. The fourth-order valence-electron chi connectivity index (χ4n) is 9.00. The fraction of sp³-hybridized carbons (Fsp3) is 0.489. The normalized spacial score (nSPS) is 22.6. The molecule has 2 aromatic carbocycles. The molecule has 0 aliphatic carbocycles. The first kappa shape index (κ1) is 53.0. The minimum Gasteiger partial charge on any atom is -0.481 e. The van der Waals surface area contributed by atoms with Gasteiger partial charge >= 0.3 is 5.97 Å². The molecule has 3 aliphatic rings. The van der Waals surface area contributed by atoms with Crippen molar-refractivity contribution in [1.29, 1.82) is 0 Å². The topological polar surface area (TPSA) is 265 Å². The molecular formula is C47H63N4O13S3+. The van der Waals surface area contributed by atoms with Gasteiger partial charge in [-0.2, -0.15) is 29.8 Å². The molecule has 0 fully saturated rings. The highest BCUT2D eigenvalue weighted by Gasteiger charge is 2.43. The van der Waals surface area contributed by atoms with Crippen LogP contribution in [0.4, 0.5) is 11.4 Å². The zero-order valence-electron chi connectivity index (χ0n) is 37.9. The monoisotopic (exact) mass is 987 g/mol. The summed E-state index contributed by atoms with van der Waals surface area (Å²) in [5.41, 5.74) is 3.47. The van der Waals surface area contributed by atoms with Gasteiger partial charge in [-0.05, 0) is 99.8 Å². The number of rotatable bonds is 12. The second-order valence-corrected chi connectivity index (χ2v) is 22.0. The second kappa shape index (κ2) is 23.3. The lowest BCUT2D eigenvalue weighted by atomic mass is 9.77. The van der Waals surface area contributed by atoms with Crippen LogP contribution in [0.3, 0.4) is 0 Å². The van der Waals surface area contributed by atoms with E-state index in [0.29, 0.717) is 130 Å². The van der Waals surface area contributed by atoms with Crippen molar-refractivity contribution >= 4 is 70.8 Å². The summed E-state index contributed by atoms with van der Waals surface area (Å²) >= 11 is 0. The molecule has 6 N–H and O–H groups in total. The zero-order valence-corrected chi connectivity index (χ0v) is 40.3. The van der Waals surface area contributed by atoms with Crippen LogP contribution in [0.1, 0.15) is 114 Å². The number of carbonyl (C=O) groups is 3. The SMILES string of the molecule is C=C1C2=[N+](CCCCCC(=O)NCC(CCCCCC(=O)O)CNC(=O)CCCCCC3(C)/C(=C/C=C/C=C/2)N(CCCS(=O)(=O)O)c2ccc(S(=O)(=O)O)cc23)c2ccc(S(=O)(=O)O)cc21. The van der Waals surface area contributed by atoms with Crippen LogP contribution in [0.5, 0.6) is 0 Å².